The van der Waals surface area contributed by atoms with Crippen molar-refractivity contribution in [2.45, 2.75) is 0 Å². The first-order valence-corrected chi connectivity index (χ1v) is 19.5. The van der Waals surface area contributed by atoms with Gasteiger partial charge in [-0.3, -0.25) is 4.98 Å². The topological polar surface area (TPSA) is 51.6 Å². The standard InChI is InChI=1S/C54H34N4/c1-3-13-37(14-4-1)52-56-53(38-15-5-2-6-16-38)58-54(57-52)42-32-40(35-25-27-36(28-26-35)43-22-11-17-39-34-55-30-29-44(39)43)31-41(33-42)45-23-12-24-50-48-19-8-7-18-46(48)47-20-9-10-21-49(47)51(45)50/h1-34H. The fourth-order valence-corrected chi connectivity index (χ4v) is 8.43. The maximum Gasteiger partial charge on any atom is 0.164 e. The van der Waals surface area contributed by atoms with Gasteiger partial charge >= 0.3 is 0 Å². The molecule has 4 heteroatoms. The smallest absolute Gasteiger partial charge is 0.164 e. The highest BCUT2D eigenvalue weighted by Crippen LogP contribution is 2.42. The quantitative estimate of drug-likeness (QED) is 0.159. The van der Waals surface area contributed by atoms with Crippen molar-refractivity contribution in [2.75, 3.05) is 0 Å². The molecule has 0 N–H and O–H groups in total. The molecule has 0 aliphatic heterocycles. The number of fused-ring (bicyclic) bond motifs is 7. The molecule has 0 saturated carbocycles. The van der Waals surface area contributed by atoms with Gasteiger partial charge in [-0.25, -0.2) is 15.0 Å². The molecule has 58 heavy (non-hydrogen) atoms. The van der Waals surface area contributed by atoms with Crippen molar-refractivity contribution in [1.29, 1.82) is 0 Å². The summed E-state index contributed by atoms with van der Waals surface area (Å²) in [4.78, 5) is 19.7. The molecule has 0 aliphatic rings. The maximum atomic E-state index is 5.18. The summed E-state index contributed by atoms with van der Waals surface area (Å²) < 4.78 is 0. The zero-order chi connectivity index (χ0) is 38.4. The summed E-state index contributed by atoms with van der Waals surface area (Å²) in [5, 5.41) is 9.73. The second-order valence-corrected chi connectivity index (χ2v) is 14.6. The minimum absolute atomic E-state index is 0.618. The number of nitrogens with zero attached hydrogens (tertiary/aromatic N) is 4. The van der Waals surface area contributed by atoms with Crippen molar-refractivity contribution in [3.05, 3.63) is 207 Å². The van der Waals surface area contributed by atoms with Crippen molar-refractivity contribution in [2.24, 2.45) is 0 Å². The van der Waals surface area contributed by atoms with Gasteiger partial charge in [-0.1, -0.05) is 170 Å². The number of benzene rings is 9. The first kappa shape index (κ1) is 33.5. The van der Waals surface area contributed by atoms with E-state index in [1.807, 2.05) is 48.8 Å². The normalized spacial score (nSPS) is 11.4. The molecule has 0 spiro atoms. The third kappa shape index (κ3) is 5.87. The molecule has 0 unspecified atom stereocenters. The minimum atomic E-state index is 0.618. The zero-order valence-electron chi connectivity index (χ0n) is 31.4. The first-order chi connectivity index (χ1) is 28.7. The van der Waals surface area contributed by atoms with E-state index in [0.717, 1.165) is 49.9 Å². The predicted molar refractivity (Wildman–Crippen MR) is 240 cm³/mol. The van der Waals surface area contributed by atoms with Gasteiger partial charge in [-0.15, -0.1) is 0 Å². The molecule has 4 nitrogen and oxygen atoms in total. The van der Waals surface area contributed by atoms with Gasteiger partial charge in [0.25, 0.3) is 0 Å². The third-order valence-electron chi connectivity index (χ3n) is 11.2. The number of hydrogen-bond donors (Lipinski definition) is 0. The lowest BCUT2D eigenvalue weighted by Gasteiger charge is -2.16. The highest BCUT2D eigenvalue weighted by molar-refractivity contribution is 6.28. The van der Waals surface area contributed by atoms with E-state index >= 15 is 0 Å². The molecule has 11 aromatic rings. The van der Waals surface area contributed by atoms with Gasteiger partial charge in [0.1, 0.15) is 0 Å². The van der Waals surface area contributed by atoms with Crippen LogP contribution in [0.4, 0.5) is 0 Å². The summed E-state index contributed by atoms with van der Waals surface area (Å²) in [6.45, 7) is 0. The van der Waals surface area contributed by atoms with Crippen molar-refractivity contribution in [3.63, 3.8) is 0 Å². The van der Waals surface area contributed by atoms with Gasteiger partial charge in [0.2, 0.25) is 0 Å². The molecule has 270 valence electrons. The van der Waals surface area contributed by atoms with E-state index in [0.29, 0.717) is 17.5 Å². The number of rotatable bonds is 6. The molecule has 11 rings (SSSR count). The summed E-state index contributed by atoms with van der Waals surface area (Å²) in [5.74, 6) is 1.88. The molecule has 2 heterocycles. The third-order valence-corrected chi connectivity index (χ3v) is 11.2. The lowest BCUT2D eigenvalue weighted by molar-refractivity contribution is 1.07. The van der Waals surface area contributed by atoms with Crippen LogP contribution in [0.2, 0.25) is 0 Å². The SMILES string of the molecule is c1ccc(-c2nc(-c3ccccc3)nc(-c3cc(-c4ccc(-c5cccc6cnccc56)cc4)cc(-c4cccc5c6ccccc6c6ccccc6c45)c3)n2)cc1. The second-order valence-electron chi connectivity index (χ2n) is 14.6. The van der Waals surface area contributed by atoms with Crippen LogP contribution in [0, 0.1) is 0 Å². The first-order valence-electron chi connectivity index (χ1n) is 19.5. The largest absolute Gasteiger partial charge is 0.264 e. The Morgan fingerprint density at radius 3 is 1.41 bits per heavy atom. The lowest BCUT2D eigenvalue weighted by Crippen LogP contribution is -2.00. The van der Waals surface area contributed by atoms with Crippen LogP contribution >= 0.6 is 0 Å². The Balaban J connectivity index is 1.16. The predicted octanol–water partition coefficient (Wildman–Crippen LogP) is 13.9. The number of pyridine rings is 1. The van der Waals surface area contributed by atoms with Gasteiger partial charge in [-0.2, -0.15) is 0 Å². The molecule has 0 amide bonds. The van der Waals surface area contributed by atoms with E-state index in [1.54, 1.807) is 0 Å². The van der Waals surface area contributed by atoms with E-state index in [1.165, 1.54) is 43.3 Å². The Bertz CT molecular complexity index is 3210. The molecular weight excluding hydrogens is 705 g/mol. The summed E-state index contributed by atoms with van der Waals surface area (Å²) in [6, 6.07) is 68.7. The highest BCUT2D eigenvalue weighted by Gasteiger charge is 2.18. The van der Waals surface area contributed by atoms with Crippen LogP contribution in [0.1, 0.15) is 0 Å². The van der Waals surface area contributed by atoms with Crippen molar-refractivity contribution < 1.29 is 0 Å². The zero-order valence-corrected chi connectivity index (χ0v) is 31.4. The number of hydrogen-bond acceptors (Lipinski definition) is 4. The van der Waals surface area contributed by atoms with E-state index in [4.69, 9.17) is 15.0 Å². The fourth-order valence-electron chi connectivity index (χ4n) is 8.43. The Kier molecular flexibility index (Phi) is 8.11. The molecule has 0 saturated heterocycles. The van der Waals surface area contributed by atoms with Gasteiger partial charge in [0.05, 0.1) is 0 Å². The monoisotopic (exact) mass is 738 g/mol. The second kappa shape index (κ2) is 14.0. The highest BCUT2D eigenvalue weighted by atomic mass is 15.0. The Hall–Kier alpha value is -7.82. The minimum Gasteiger partial charge on any atom is -0.264 e. The molecular formula is C54H34N4. The van der Waals surface area contributed by atoms with Crippen LogP contribution in [0.15, 0.2) is 207 Å². The van der Waals surface area contributed by atoms with Crippen molar-refractivity contribution in [1.82, 2.24) is 19.9 Å². The molecule has 0 radical (unpaired) electrons. The van der Waals surface area contributed by atoms with Crippen LogP contribution in [0.3, 0.4) is 0 Å². The molecule has 2 aromatic heterocycles. The van der Waals surface area contributed by atoms with Crippen LogP contribution in [-0.4, -0.2) is 19.9 Å². The number of aromatic nitrogens is 4. The summed E-state index contributed by atoms with van der Waals surface area (Å²) >= 11 is 0. The van der Waals surface area contributed by atoms with Crippen LogP contribution in [0.25, 0.3) is 111 Å². The van der Waals surface area contributed by atoms with Crippen molar-refractivity contribution in [3.8, 4) is 67.5 Å². The lowest BCUT2D eigenvalue weighted by atomic mass is 9.88. The van der Waals surface area contributed by atoms with Crippen LogP contribution in [0.5, 0.6) is 0 Å². The van der Waals surface area contributed by atoms with E-state index in [2.05, 4.69) is 163 Å². The molecule has 0 aliphatic carbocycles. The average molecular weight is 739 g/mol. The Morgan fingerprint density at radius 2 is 0.759 bits per heavy atom. The van der Waals surface area contributed by atoms with Crippen molar-refractivity contribution >= 4 is 43.1 Å². The molecule has 0 fully saturated rings. The van der Waals surface area contributed by atoms with Gasteiger partial charge in [0.15, 0.2) is 17.5 Å². The molecule has 0 bridgehead atoms. The Labute approximate surface area is 335 Å². The van der Waals surface area contributed by atoms with Gasteiger partial charge in [-0.05, 0) is 95.3 Å². The van der Waals surface area contributed by atoms with Crippen LogP contribution < -0.4 is 0 Å². The fraction of sp³-hybridized carbons (Fsp3) is 0. The Morgan fingerprint density at radius 1 is 0.276 bits per heavy atom. The maximum absolute atomic E-state index is 5.18. The molecule has 0 atom stereocenters. The van der Waals surface area contributed by atoms with E-state index in [9.17, 15) is 0 Å². The van der Waals surface area contributed by atoms with Crippen LogP contribution in [-0.2, 0) is 0 Å². The average Bonchev–Trinajstić information content (AvgIpc) is 3.31. The molecule has 9 aromatic carbocycles. The summed E-state index contributed by atoms with van der Waals surface area (Å²) in [5.41, 5.74) is 9.55. The van der Waals surface area contributed by atoms with Gasteiger partial charge in [0, 0.05) is 34.5 Å². The van der Waals surface area contributed by atoms with Gasteiger partial charge < -0.3 is 0 Å². The van der Waals surface area contributed by atoms with E-state index < -0.39 is 0 Å². The summed E-state index contributed by atoms with van der Waals surface area (Å²) in [7, 11) is 0. The van der Waals surface area contributed by atoms with E-state index in [-0.39, 0.29) is 0 Å². The summed E-state index contributed by atoms with van der Waals surface area (Å²) in [6.07, 6.45) is 3.78.